The largest absolute Gasteiger partial charge is 0.449 e. The third-order valence-corrected chi connectivity index (χ3v) is 4.22. The first-order chi connectivity index (χ1) is 12.1. The molecule has 0 spiro atoms. The van der Waals surface area contributed by atoms with Gasteiger partial charge in [0, 0.05) is 10.9 Å². The van der Waals surface area contributed by atoms with Crippen LogP contribution in [0.15, 0.2) is 66.0 Å². The molecule has 5 nitrogen and oxygen atoms in total. The molecule has 0 saturated heterocycles. The summed E-state index contributed by atoms with van der Waals surface area (Å²) in [7, 11) is 0. The number of carbonyl (C=O) groups is 2. The van der Waals surface area contributed by atoms with Gasteiger partial charge in [-0.25, -0.2) is 9.78 Å². The first-order valence-corrected chi connectivity index (χ1v) is 8.59. The number of benzene rings is 2. The van der Waals surface area contributed by atoms with Gasteiger partial charge in [0.25, 0.3) is 5.91 Å². The van der Waals surface area contributed by atoms with Crippen LogP contribution < -0.4 is 5.32 Å². The Hall–Kier alpha value is -2.99. The SMILES string of the molecule is C[C@@H](OC(=O)c1ccccc1)C(=O)Nc1nc(-c2ccccc2)cs1. The monoisotopic (exact) mass is 352 g/mol. The van der Waals surface area contributed by atoms with E-state index >= 15 is 0 Å². The van der Waals surface area contributed by atoms with Gasteiger partial charge in [-0.1, -0.05) is 48.5 Å². The lowest BCUT2D eigenvalue weighted by atomic mass is 10.2. The molecule has 3 rings (SSSR count). The fourth-order valence-corrected chi connectivity index (χ4v) is 2.86. The van der Waals surface area contributed by atoms with E-state index in [0.717, 1.165) is 11.3 Å². The maximum Gasteiger partial charge on any atom is 0.338 e. The predicted octanol–water partition coefficient (Wildman–Crippen LogP) is 3.99. The molecule has 1 heterocycles. The molecule has 0 saturated carbocycles. The summed E-state index contributed by atoms with van der Waals surface area (Å²) in [5, 5.41) is 5.01. The number of ether oxygens (including phenoxy) is 1. The quantitative estimate of drug-likeness (QED) is 0.705. The average molecular weight is 352 g/mol. The summed E-state index contributed by atoms with van der Waals surface area (Å²) in [6.45, 7) is 1.53. The second-order valence-electron chi connectivity index (χ2n) is 5.31. The number of aromatic nitrogens is 1. The molecule has 0 fully saturated rings. The second kappa shape index (κ2) is 7.72. The smallest absolute Gasteiger partial charge is 0.338 e. The highest BCUT2D eigenvalue weighted by molar-refractivity contribution is 7.14. The summed E-state index contributed by atoms with van der Waals surface area (Å²) in [5.74, 6) is -0.953. The van der Waals surface area contributed by atoms with E-state index in [1.54, 1.807) is 30.3 Å². The van der Waals surface area contributed by atoms with Gasteiger partial charge >= 0.3 is 5.97 Å². The lowest BCUT2D eigenvalue weighted by molar-refractivity contribution is -0.123. The van der Waals surface area contributed by atoms with Crippen molar-refractivity contribution in [3.63, 3.8) is 0 Å². The van der Waals surface area contributed by atoms with Crippen LogP contribution >= 0.6 is 11.3 Å². The molecule has 0 radical (unpaired) electrons. The molecule has 25 heavy (non-hydrogen) atoms. The van der Waals surface area contributed by atoms with Gasteiger partial charge in [0.2, 0.25) is 0 Å². The van der Waals surface area contributed by atoms with Gasteiger partial charge in [0.1, 0.15) is 0 Å². The Bertz CT molecular complexity index is 863. The van der Waals surface area contributed by atoms with E-state index in [1.165, 1.54) is 18.3 Å². The molecule has 0 bridgehead atoms. The van der Waals surface area contributed by atoms with Crippen molar-refractivity contribution in [2.45, 2.75) is 13.0 Å². The van der Waals surface area contributed by atoms with E-state index in [0.29, 0.717) is 10.7 Å². The molecule has 3 aromatic rings. The fourth-order valence-electron chi connectivity index (χ4n) is 2.14. The Morgan fingerprint density at radius 3 is 2.36 bits per heavy atom. The number of thiazole rings is 1. The fraction of sp³-hybridized carbons (Fsp3) is 0.105. The summed E-state index contributed by atoms with van der Waals surface area (Å²) >= 11 is 1.32. The molecule has 0 aliphatic carbocycles. The van der Waals surface area contributed by atoms with Crippen LogP contribution in [-0.4, -0.2) is 23.0 Å². The molecule has 6 heteroatoms. The minimum absolute atomic E-state index is 0.405. The Balaban J connectivity index is 1.60. The number of carbonyl (C=O) groups excluding carboxylic acids is 2. The van der Waals surface area contributed by atoms with Crippen molar-refractivity contribution in [3.05, 3.63) is 71.6 Å². The number of nitrogens with zero attached hydrogens (tertiary/aromatic N) is 1. The van der Waals surface area contributed by atoms with Crippen LogP contribution in [0.1, 0.15) is 17.3 Å². The Kier molecular flexibility index (Phi) is 5.20. The highest BCUT2D eigenvalue weighted by atomic mass is 32.1. The number of amides is 1. The van der Waals surface area contributed by atoms with Gasteiger partial charge in [0.05, 0.1) is 11.3 Å². The molecule has 1 atom stereocenters. The Morgan fingerprint density at radius 1 is 1.04 bits per heavy atom. The van der Waals surface area contributed by atoms with E-state index in [1.807, 2.05) is 35.7 Å². The summed E-state index contributed by atoms with van der Waals surface area (Å²) in [5.41, 5.74) is 2.17. The second-order valence-corrected chi connectivity index (χ2v) is 6.16. The first kappa shape index (κ1) is 16.9. The van der Waals surface area contributed by atoms with Crippen molar-refractivity contribution in [2.75, 3.05) is 5.32 Å². The summed E-state index contributed by atoms with van der Waals surface area (Å²) in [4.78, 5) is 28.6. The molecule has 1 amide bonds. The zero-order valence-electron chi connectivity index (χ0n) is 13.5. The van der Waals surface area contributed by atoms with Crippen LogP contribution in [0.4, 0.5) is 5.13 Å². The van der Waals surface area contributed by atoms with Crippen LogP contribution in [0.25, 0.3) is 11.3 Å². The van der Waals surface area contributed by atoms with Crippen molar-refractivity contribution in [2.24, 2.45) is 0 Å². The van der Waals surface area contributed by atoms with E-state index in [2.05, 4.69) is 10.3 Å². The molecule has 2 aromatic carbocycles. The minimum atomic E-state index is -0.920. The molecule has 126 valence electrons. The van der Waals surface area contributed by atoms with Gasteiger partial charge in [-0.15, -0.1) is 11.3 Å². The summed E-state index contributed by atoms with van der Waals surface area (Å²) in [6.07, 6.45) is -0.920. The van der Waals surface area contributed by atoms with E-state index in [-0.39, 0.29) is 0 Å². The molecule has 0 unspecified atom stereocenters. The molecule has 0 aliphatic heterocycles. The number of hydrogen-bond acceptors (Lipinski definition) is 5. The number of hydrogen-bond donors (Lipinski definition) is 1. The van der Waals surface area contributed by atoms with Crippen LogP contribution in [0.2, 0.25) is 0 Å². The third-order valence-electron chi connectivity index (χ3n) is 3.47. The molecule has 1 N–H and O–H groups in total. The molecule has 0 aliphatic rings. The van der Waals surface area contributed by atoms with Crippen molar-refractivity contribution >= 4 is 28.3 Å². The third kappa shape index (κ3) is 4.30. The van der Waals surface area contributed by atoms with Crippen LogP contribution in [0, 0.1) is 0 Å². The van der Waals surface area contributed by atoms with Gasteiger partial charge in [-0.05, 0) is 19.1 Å². The topological polar surface area (TPSA) is 68.3 Å². The number of esters is 1. The molecular weight excluding hydrogens is 336 g/mol. The van der Waals surface area contributed by atoms with Gasteiger partial charge in [-0.2, -0.15) is 0 Å². The van der Waals surface area contributed by atoms with Gasteiger partial charge < -0.3 is 4.74 Å². The zero-order valence-corrected chi connectivity index (χ0v) is 14.3. The average Bonchev–Trinajstić information content (AvgIpc) is 3.11. The van der Waals surface area contributed by atoms with Crippen molar-refractivity contribution in [1.82, 2.24) is 4.98 Å². The minimum Gasteiger partial charge on any atom is -0.449 e. The maximum absolute atomic E-state index is 12.2. The molecule has 1 aromatic heterocycles. The highest BCUT2D eigenvalue weighted by Gasteiger charge is 2.20. The van der Waals surface area contributed by atoms with E-state index in [4.69, 9.17) is 4.74 Å². The number of rotatable bonds is 5. The Labute approximate surface area is 149 Å². The van der Waals surface area contributed by atoms with Gasteiger partial charge in [-0.3, -0.25) is 10.1 Å². The standard InChI is InChI=1S/C19H16N2O3S/c1-13(24-18(23)15-10-6-3-7-11-15)17(22)21-19-20-16(12-25-19)14-8-4-2-5-9-14/h2-13H,1H3,(H,20,21,22)/t13-/m1/s1. The highest BCUT2D eigenvalue weighted by Crippen LogP contribution is 2.24. The lowest BCUT2D eigenvalue weighted by Crippen LogP contribution is -2.29. The van der Waals surface area contributed by atoms with Crippen LogP contribution in [-0.2, 0) is 9.53 Å². The van der Waals surface area contributed by atoms with E-state index in [9.17, 15) is 9.59 Å². The number of anilines is 1. The van der Waals surface area contributed by atoms with Crippen molar-refractivity contribution < 1.29 is 14.3 Å². The maximum atomic E-state index is 12.2. The first-order valence-electron chi connectivity index (χ1n) is 7.71. The lowest BCUT2D eigenvalue weighted by Gasteiger charge is -2.12. The van der Waals surface area contributed by atoms with Gasteiger partial charge in [0.15, 0.2) is 11.2 Å². The van der Waals surface area contributed by atoms with Crippen LogP contribution in [0.5, 0.6) is 0 Å². The van der Waals surface area contributed by atoms with Crippen molar-refractivity contribution in [3.8, 4) is 11.3 Å². The van der Waals surface area contributed by atoms with Crippen molar-refractivity contribution in [1.29, 1.82) is 0 Å². The summed E-state index contributed by atoms with van der Waals surface area (Å²) in [6, 6.07) is 18.2. The normalized spacial score (nSPS) is 11.6. The predicted molar refractivity (Wildman–Crippen MR) is 97.5 cm³/mol. The zero-order chi connectivity index (χ0) is 17.6. The molecular formula is C19H16N2O3S. The van der Waals surface area contributed by atoms with E-state index < -0.39 is 18.0 Å². The van der Waals surface area contributed by atoms with Crippen LogP contribution in [0.3, 0.4) is 0 Å². The number of nitrogens with one attached hydrogen (secondary N) is 1. The Morgan fingerprint density at radius 2 is 1.68 bits per heavy atom. The summed E-state index contributed by atoms with van der Waals surface area (Å²) < 4.78 is 5.19.